The number of hydrogen-bond donors (Lipinski definition) is 1. The SMILES string of the molecule is CCC(C)(C)NCC1(CCOC)CCCC1. The molecule has 1 aliphatic carbocycles. The Labute approximate surface area is 101 Å². The van der Waals surface area contributed by atoms with Crippen molar-refractivity contribution < 1.29 is 4.74 Å². The predicted octanol–water partition coefficient (Wildman–Crippen LogP) is 3.36. The molecule has 2 heteroatoms. The molecule has 0 saturated heterocycles. The maximum Gasteiger partial charge on any atom is 0.0468 e. The van der Waals surface area contributed by atoms with E-state index in [2.05, 4.69) is 26.1 Å². The maximum absolute atomic E-state index is 5.26. The zero-order chi connectivity index (χ0) is 12.1. The predicted molar refractivity (Wildman–Crippen MR) is 69.8 cm³/mol. The van der Waals surface area contributed by atoms with E-state index in [1.807, 2.05) is 7.11 Å². The molecule has 0 aromatic heterocycles. The molecule has 1 N–H and O–H groups in total. The first-order valence-corrected chi connectivity index (χ1v) is 6.78. The van der Waals surface area contributed by atoms with E-state index in [0.717, 1.165) is 13.2 Å². The smallest absolute Gasteiger partial charge is 0.0468 e. The van der Waals surface area contributed by atoms with Crippen LogP contribution in [0.15, 0.2) is 0 Å². The second-order valence-electron chi connectivity index (χ2n) is 6.04. The van der Waals surface area contributed by atoms with Crippen LogP contribution in [0.4, 0.5) is 0 Å². The summed E-state index contributed by atoms with van der Waals surface area (Å²) in [6.07, 6.45) is 7.96. The quantitative estimate of drug-likeness (QED) is 0.720. The van der Waals surface area contributed by atoms with Crippen molar-refractivity contribution in [1.29, 1.82) is 0 Å². The molecule has 0 spiro atoms. The van der Waals surface area contributed by atoms with E-state index in [1.54, 1.807) is 0 Å². The largest absolute Gasteiger partial charge is 0.385 e. The van der Waals surface area contributed by atoms with Crippen molar-refractivity contribution in [3.63, 3.8) is 0 Å². The van der Waals surface area contributed by atoms with Crippen molar-refractivity contribution in [3.8, 4) is 0 Å². The Balaban J connectivity index is 2.45. The van der Waals surface area contributed by atoms with Gasteiger partial charge in [0.2, 0.25) is 0 Å². The van der Waals surface area contributed by atoms with Crippen LogP contribution in [0, 0.1) is 5.41 Å². The molecule has 1 rings (SSSR count). The van der Waals surface area contributed by atoms with Crippen LogP contribution in [0.5, 0.6) is 0 Å². The van der Waals surface area contributed by atoms with Crippen LogP contribution >= 0.6 is 0 Å². The fourth-order valence-corrected chi connectivity index (χ4v) is 2.51. The highest BCUT2D eigenvalue weighted by Crippen LogP contribution is 2.40. The molecule has 0 bridgehead atoms. The monoisotopic (exact) mass is 227 g/mol. The molecule has 1 saturated carbocycles. The highest BCUT2D eigenvalue weighted by atomic mass is 16.5. The normalized spacial score (nSPS) is 20.2. The molecule has 96 valence electrons. The summed E-state index contributed by atoms with van der Waals surface area (Å²) in [6, 6.07) is 0. The minimum absolute atomic E-state index is 0.280. The molecule has 0 aliphatic heterocycles. The van der Waals surface area contributed by atoms with Crippen LogP contribution in [0.1, 0.15) is 59.3 Å². The summed E-state index contributed by atoms with van der Waals surface area (Å²) in [4.78, 5) is 0. The van der Waals surface area contributed by atoms with Crippen molar-refractivity contribution >= 4 is 0 Å². The number of hydrogen-bond acceptors (Lipinski definition) is 2. The van der Waals surface area contributed by atoms with Gasteiger partial charge in [0, 0.05) is 25.8 Å². The van der Waals surface area contributed by atoms with Crippen molar-refractivity contribution in [2.24, 2.45) is 5.41 Å². The standard InChI is InChI=1S/C14H29NO/c1-5-13(2,3)15-12-14(10-11-16-4)8-6-7-9-14/h15H,5-12H2,1-4H3. The second-order valence-corrected chi connectivity index (χ2v) is 6.04. The summed E-state index contributed by atoms with van der Waals surface area (Å²) in [5.74, 6) is 0. The summed E-state index contributed by atoms with van der Waals surface area (Å²) >= 11 is 0. The summed E-state index contributed by atoms with van der Waals surface area (Å²) in [6.45, 7) is 8.92. The molecule has 0 aromatic rings. The van der Waals surface area contributed by atoms with Crippen molar-refractivity contribution in [3.05, 3.63) is 0 Å². The molecule has 1 aliphatic rings. The molecule has 0 atom stereocenters. The third kappa shape index (κ3) is 4.06. The summed E-state index contributed by atoms with van der Waals surface area (Å²) in [5.41, 5.74) is 0.797. The average Bonchev–Trinajstić information content (AvgIpc) is 2.74. The topological polar surface area (TPSA) is 21.3 Å². The molecular weight excluding hydrogens is 198 g/mol. The number of ether oxygens (including phenoxy) is 1. The maximum atomic E-state index is 5.26. The van der Waals surface area contributed by atoms with E-state index < -0.39 is 0 Å². The van der Waals surface area contributed by atoms with Gasteiger partial charge in [0.15, 0.2) is 0 Å². The van der Waals surface area contributed by atoms with Crippen LogP contribution in [0.2, 0.25) is 0 Å². The third-order valence-corrected chi connectivity index (χ3v) is 4.33. The first kappa shape index (κ1) is 14.0. The zero-order valence-corrected chi connectivity index (χ0v) is 11.6. The fourth-order valence-electron chi connectivity index (χ4n) is 2.51. The lowest BCUT2D eigenvalue weighted by Crippen LogP contribution is -2.45. The van der Waals surface area contributed by atoms with Gasteiger partial charge in [0.1, 0.15) is 0 Å². The third-order valence-electron chi connectivity index (χ3n) is 4.33. The first-order chi connectivity index (χ1) is 7.54. The molecule has 2 nitrogen and oxygen atoms in total. The van der Waals surface area contributed by atoms with Gasteiger partial charge in [-0.15, -0.1) is 0 Å². The molecule has 0 heterocycles. The van der Waals surface area contributed by atoms with E-state index in [1.165, 1.54) is 38.5 Å². The van der Waals surface area contributed by atoms with Gasteiger partial charge < -0.3 is 10.1 Å². The Kier molecular flexibility index (Phi) is 5.26. The van der Waals surface area contributed by atoms with Crippen LogP contribution in [0.3, 0.4) is 0 Å². The lowest BCUT2D eigenvalue weighted by molar-refractivity contribution is 0.128. The summed E-state index contributed by atoms with van der Waals surface area (Å²) < 4.78 is 5.26. The van der Waals surface area contributed by atoms with Gasteiger partial charge in [-0.05, 0) is 44.9 Å². The van der Waals surface area contributed by atoms with Gasteiger partial charge >= 0.3 is 0 Å². The van der Waals surface area contributed by atoms with Crippen LogP contribution in [-0.2, 0) is 4.74 Å². The number of rotatable bonds is 7. The first-order valence-electron chi connectivity index (χ1n) is 6.78. The van der Waals surface area contributed by atoms with Crippen LogP contribution < -0.4 is 5.32 Å². The Bertz CT molecular complexity index is 195. The Morgan fingerprint density at radius 2 is 1.88 bits per heavy atom. The van der Waals surface area contributed by atoms with Gasteiger partial charge in [-0.1, -0.05) is 19.8 Å². The molecular formula is C14H29NO. The average molecular weight is 227 g/mol. The molecule has 0 aromatic carbocycles. The minimum atomic E-state index is 0.280. The van der Waals surface area contributed by atoms with Gasteiger partial charge in [-0.2, -0.15) is 0 Å². The van der Waals surface area contributed by atoms with Crippen LogP contribution in [-0.4, -0.2) is 25.8 Å². The van der Waals surface area contributed by atoms with Crippen molar-refractivity contribution in [2.75, 3.05) is 20.3 Å². The molecule has 0 amide bonds. The second kappa shape index (κ2) is 6.02. The molecule has 0 radical (unpaired) electrons. The van der Waals surface area contributed by atoms with E-state index >= 15 is 0 Å². The highest BCUT2D eigenvalue weighted by molar-refractivity contribution is 4.89. The Hall–Kier alpha value is -0.0800. The molecule has 16 heavy (non-hydrogen) atoms. The number of nitrogens with one attached hydrogen (secondary N) is 1. The zero-order valence-electron chi connectivity index (χ0n) is 11.6. The van der Waals surface area contributed by atoms with Gasteiger partial charge in [-0.25, -0.2) is 0 Å². The Morgan fingerprint density at radius 1 is 1.25 bits per heavy atom. The highest BCUT2D eigenvalue weighted by Gasteiger charge is 2.34. The van der Waals surface area contributed by atoms with E-state index in [-0.39, 0.29) is 5.54 Å². The molecule has 0 unspecified atom stereocenters. The van der Waals surface area contributed by atoms with Gasteiger partial charge in [0.25, 0.3) is 0 Å². The van der Waals surface area contributed by atoms with Gasteiger partial charge in [-0.3, -0.25) is 0 Å². The number of methoxy groups -OCH3 is 1. The van der Waals surface area contributed by atoms with E-state index in [0.29, 0.717) is 5.41 Å². The summed E-state index contributed by atoms with van der Waals surface area (Å²) in [5, 5.41) is 3.74. The van der Waals surface area contributed by atoms with E-state index in [9.17, 15) is 0 Å². The lowest BCUT2D eigenvalue weighted by atomic mass is 9.82. The molecule has 1 fully saturated rings. The van der Waals surface area contributed by atoms with Gasteiger partial charge in [0.05, 0.1) is 0 Å². The minimum Gasteiger partial charge on any atom is -0.385 e. The van der Waals surface area contributed by atoms with Crippen LogP contribution in [0.25, 0.3) is 0 Å². The fraction of sp³-hybridized carbons (Fsp3) is 1.00. The Morgan fingerprint density at radius 3 is 2.38 bits per heavy atom. The summed E-state index contributed by atoms with van der Waals surface area (Å²) in [7, 11) is 1.81. The van der Waals surface area contributed by atoms with Crippen molar-refractivity contribution in [2.45, 2.75) is 64.8 Å². The lowest BCUT2D eigenvalue weighted by Gasteiger charge is -2.34. The van der Waals surface area contributed by atoms with E-state index in [4.69, 9.17) is 4.74 Å². The van der Waals surface area contributed by atoms with Crippen molar-refractivity contribution in [1.82, 2.24) is 5.32 Å².